The summed E-state index contributed by atoms with van der Waals surface area (Å²) in [5, 5.41) is 2.99. The van der Waals surface area contributed by atoms with E-state index < -0.39 is 0 Å². The Morgan fingerprint density at radius 1 is 1.43 bits per heavy atom. The third-order valence-electron chi connectivity index (χ3n) is 2.86. The lowest BCUT2D eigenvalue weighted by Gasteiger charge is -2.36. The molecule has 0 aromatic rings. The molecule has 4 heteroatoms. The van der Waals surface area contributed by atoms with E-state index in [1.165, 1.54) is 19.3 Å². The first-order valence-electron chi connectivity index (χ1n) is 5.17. The van der Waals surface area contributed by atoms with Crippen LogP contribution in [0, 0.1) is 0 Å². The Labute approximate surface area is 90.8 Å². The second-order valence-electron chi connectivity index (χ2n) is 4.12. The van der Waals surface area contributed by atoms with Gasteiger partial charge >= 0.3 is 0 Å². The van der Waals surface area contributed by atoms with E-state index in [4.69, 9.17) is 11.6 Å². The first-order valence-corrected chi connectivity index (χ1v) is 5.70. The minimum absolute atomic E-state index is 0.0505. The van der Waals surface area contributed by atoms with E-state index in [0.717, 1.165) is 6.42 Å². The van der Waals surface area contributed by atoms with Gasteiger partial charge in [-0.25, -0.2) is 0 Å². The van der Waals surface area contributed by atoms with Gasteiger partial charge in [0, 0.05) is 12.1 Å². The van der Waals surface area contributed by atoms with Gasteiger partial charge in [-0.15, -0.1) is 11.6 Å². The molecule has 1 fully saturated rings. The maximum absolute atomic E-state index is 11.2. The predicted molar refractivity (Wildman–Crippen MR) is 58.6 cm³/mol. The molecule has 1 aliphatic rings. The molecule has 1 aliphatic carbocycles. The Kier molecular flexibility index (Phi) is 4.69. The minimum Gasteiger partial charge on any atom is -0.351 e. The van der Waals surface area contributed by atoms with Crippen molar-refractivity contribution in [2.45, 2.75) is 37.8 Å². The van der Waals surface area contributed by atoms with Gasteiger partial charge < -0.3 is 10.2 Å². The first-order chi connectivity index (χ1) is 6.65. The highest BCUT2D eigenvalue weighted by molar-refractivity contribution is 6.27. The monoisotopic (exact) mass is 218 g/mol. The van der Waals surface area contributed by atoms with E-state index in [-0.39, 0.29) is 17.8 Å². The van der Waals surface area contributed by atoms with E-state index >= 15 is 0 Å². The van der Waals surface area contributed by atoms with Crippen LogP contribution in [0.2, 0.25) is 0 Å². The summed E-state index contributed by atoms with van der Waals surface area (Å²) >= 11 is 5.47. The van der Waals surface area contributed by atoms with Crippen LogP contribution in [0.5, 0.6) is 0 Å². The van der Waals surface area contributed by atoms with E-state index in [0.29, 0.717) is 6.04 Å². The van der Waals surface area contributed by atoms with Gasteiger partial charge in [0.05, 0.1) is 0 Å². The standard InChI is InChI=1S/C10H19ClN2O/c1-13(2)9-6-4-3-5-8(9)12-10(14)7-11/h8-9H,3-7H2,1-2H3,(H,12,14)/t8-,9+/m0/s1. The second kappa shape index (κ2) is 5.56. The maximum atomic E-state index is 11.2. The van der Waals surface area contributed by atoms with Crippen LogP contribution < -0.4 is 5.32 Å². The highest BCUT2D eigenvalue weighted by Crippen LogP contribution is 2.21. The molecule has 82 valence electrons. The third-order valence-corrected chi connectivity index (χ3v) is 3.10. The molecule has 1 saturated carbocycles. The highest BCUT2D eigenvalue weighted by Gasteiger charge is 2.27. The Morgan fingerprint density at radius 3 is 2.64 bits per heavy atom. The molecule has 14 heavy (non-hydrogen) atoms. The summed E-state index contributed by atoms with van der Waals surface area (Å²) in [5.74, 6) is 0.0156. The summed E-state index contributed by atoms with van der Waals surface area (Å²) in [6, 6.07) is 0.751. The number of carbonyl (C=O) groups excluding carboxylic acids is 1. The molecule has 2 atom stereocenters. The van der Waals surface area contributed by atoms with Crippen LogP contribution in [-0.4, -0.2) is 42.9 Å². The van der Waals surface area contributed by atoms with E-state index in [1.54, 1.807) is 0 Å². The van der Waals surface area contributed by atoms with Crippen LogP contribution in [0.3, 0.4) is 0 Å². The molecular weight excluding hydrogens is 200 g/mol. The molecule has 0 heterocycles. The fraction of sp³-hybridized carbons (Fsp3) is 0.900. The Bertz CT molecular complexity index is 197. The van der Waals surface area contributed by atoms with Gasteiger partial charge in [-0.2, -0.15) is 0 Å². The summed E-state index contributed by atoms with van der Waals surface area (Å²) in [4.78, 5) is 13.4. The minimum atomic E-state index is -0.0505. The zero-order valence-electron chi connectivity index (χ0n) is 8.92. The predicted octanol–water partition coefficient (Wildman–Crippen LogP) is 1.21. The lowest BCUT2D eigenvalue weighted by Crippen LogP contribution is -2.51. The summed E-state index contributed by atoms with van der Waals surface area (Å²) in [7, 11) is 4.13. The van der Waals surface area contributed by atoms with Crippen molar-refractivity contribution >= 4 is 17.5 Å². The van der Waals surface area contributed by atoms with Crippen molar-refractivity contribution in [3.05, 3.63) is 0 Å². The van der Waals surface area contributed by atoms with Gasteiger partial charge in [0.1, 0.15) is 5.88 Å². The van der Waals surface area contributed by atoms with Crippen molar-refractivity contribution in [3.8, 4) is 0 Å². The number of amides is 1. The SMILES string of the molecule is CN(C)[C@@H]1CCCC[C@@H]1NC(=O)CCl. The number of alkyl halides is 1. The smallest absolute Gasteiger partial charge is 0.235 e. The molecule has 0 aromatic heterocycles. The van der Waals surface area contributed by atoms with Crippen molar-refractivity contribution in [3.63, 3.8) is 0 Å². The first kappa shape index (κ1) is 11.8. The third kappa shape index (κ3) is 3.14. The van der Waals surface area contributed by atoms with Gasteiger partial charge in [-0.05, 0) is 26.9 Å². The van der Waals surface area contributed by atoms with Crippen LogP contribution in [-0.2, 0) is 4.79 Å². The van der Waals surface area contributed by atoms with Crippen LogP contribution in [0.15, 0.2) is 0 Å². The van der Waals surface area contributed by atoms with Gasteiger partial charge in [-0.1, -0.05) is 12.8 Å². The number of hydrogen-bond donors (Lipinski definition) is 1. The number of rotatable bonds is 3. The molecule has 0 unspecified atom stereocenters. The zero-order chi connectivity index (χ0) is 10.6. The molecule has 1 N–H and O–H groups in total. The molecule has 1 rings (SSSR count). The van der Waals surface area contributed by atoms with E-state index in [2.05, 4.69) is 24.3 Å². The number of nitrogens with one attached hydrogen (secondary N) is 1. The lowest BCUT2D eigenvalue weighted by atomic mass is 9.89. The number of carbonyl (C=O) groups is 1. The van der Waals surface area contributed by atoms with Crippen molar-refractivity contribution in [1.29, 1.82) is 0 Å². The summed E-state index contributed by atoms with van der Waals surface area (Å²) < 4.78 is 0. The van der Waals surface area contributed by atoms with E-state index in [1.807, 2.05) is 0 Å². The van der Waals surface area contributed by atoms with Crippen molar-refractivity contribution in [2.24, 2.45) is 0 Å². The molecule has 0 aliphatic heterocycles. The molecule has 0 aromatic carbocycles. The molecule has 1 amide bonds. The molecule has 3 nitrogen and oxygen atoms in total. The number of likely N-dealkylation sites (N-methyl/N-ethyl adjacent to an activating group) is 1. The topological polar surface area (TPSA) is 32.3 Å². The van der Waals surface area contributed by atoms with Crippen molar-refractivity contribution in [2.75, 3.05) is 20.0 Å². The Balaban J connectivity index is 2.49. The lowest BCUT2D eigenvalue weighted by molar-refractivity contribution is -0.120. The zero-order valence-corrected chi connectivity index (χ0v) is 9.68. The molecule has 0 bridgehead atoms. The fourth-order valence-corrected chi connectivity index (χ4v) is 2.22. The molecular formula is C10H19ClN2O. The van der Waals surface area contributed by atoms with E-state index in [9.17, 15) is 4.79 Å². The Hall–Kier alpha value is -0.280. The molecule has 0 saturated heterocycles. The van der Waals surface area contributed by atoms with Crippen LogP contribution in [0.4, 0.5) is 0 Å². The summed E-state index contributed by atoms with van der Waals surface area (Å²) in [5.41, 5.74) is 0. The van der Waals surface area contributed by atoms with Gasteiger partial charge in [-0.3, -0.25) is 4.79 Å². The molecule has 0 radical (unpaired) electrons. The fourth-order valence-electron chi connectivity index (χ4n) is 2.14. The number of halogens is 1. The van der Waals surface area contributed by atoms with Gasteiger partial charge in [0.15, 0.2) is 0 Å². The largest absolute Gasteiger partial charge is 0.351 e. The van der Waals surface area contributed by atoms with Crippen LogP contribution in [0.1, 0.15) is 25.7 Å². The molecule has 0 spiro atoms. The van der Waals surface area contributed by atoms with Crippen LogP contribution in [0.25, 0.3) is 0 Å². The summed E-state index contributed by atoms with van der Waals surface area (Å²) in [6.07, 6.45) is 4.71. The highest BCUT2D eigenvalue weighted by atomic mass is 35.5. The van der Waals surface area contributed by atoms with Gasteiger partial charge in [0.25, 0.3) is 0 Å². The maximum Gasteiger partial charge on any atom is 0.235 e. The van der Waals surface area contributed by atoms with Crippen molar-refractivity contribution < 1.29 is 4.79 Å². The van der Waals surface area contributed by atoms with Crippen molar-refractivity contribution in [1.82, 2.24) is 10.2 Å². The number of hydrogen-bond acceptors (Lipinski definition) is 2. The Morgan fingerprint density at radius 2 is 2.07 bits per heavy atom. The quantitative estimate of drug-likeness (QED) is 0.723. The van der Waals surface area contributed by atoms with Crippen LogP contribution >= 0.6 is 11.6 Å². The normalized spacial score (nSPS) is 27.7. The van der Waals surface area contributed by atoms with Gasteiger partial charge in [0.2, 0.25) is 5.91 Å². The number of nitrogens with zero attached hydrogens (tertiary/aromatic N) is 1. The second-order valence-corrected chi connectivity index (χ2v) is 4.39. The average Bonchev–Trinajstić information content (AvgIpc) is 2.18. The summed E-state index contributed by atoms with van der Waals surface area (Å²) in [6.45, 7) is 0. The average molecular weight is 219 g/mol.